The molecule has 2 aromatic carbocycles. The number of carbonyl (C=O) groups excluding carboxylic acids is 2. The number of nitrogens with zero attached hydrogens (tertiary/aromatic N) is 1. The van der Waals surface area contributed by atoms with Gasteiger partial charge in [-0.05, 0) is 36.6 Å². The van der Waals surface area contributed by atoms with Crippen molar-refractivity contribution < 1.29 is 19.1 Å². The molecule has 1 aliphatic heterocycles. The largest absolute Gasteiger partial charge is 0.495 e. The highest BCUT2D eigenvalue weighted by molar-refractivity contribution is 6.05. The zero-order valence-electron chi connectivity index (χ0n) is 17.5. The van der Waals surface area contributed by atoms with E-state index in [1.54, 1.807) is 14.2 Å². The van der Waals surface area contributed by atoms with Crippen LogP contribution in [0.5, 0.6) is 5.75 Å². The lowest BCUT2D eigenvalue weighted by atomic mass is 9.71. The zero-order chi connectivity index (χ0) is 21.1. The number of methoxy groups -OCH3 is 2. The van der Waals surface area contributed by atoms with E-state index in [9.17, 15) is 9.59 Å². The van der Waals surface area contributed by atoms with Crippen molar-refractivity contribution in [2.24, 2.45) is 0 Å². The molecular formula is C24H28N2O4. The van der Waals surface area contributed by atoms with Crippen LogP contribution in [0.1, 0.15) is 47.5 Å². The third kappa shape index (κ3) is 3.35. The molecule has 1 aliphatic carbocycles. The summed E-state index contributed by atoms with van der Waals surface area (Å²) in [7, 11) is 3.22. The average Bonchev–Trinajstić information content (AvgIpc) is 3.24. The molecule has 0 aromatic heterocycles. The number of hydrogen-bond acceptors (Lipinski definition) is 4. The monoisotopic (exact) mass is 408 g/mol. The summed E-state index contributed by atoms with van der Waals surface area (Å²) in [5.74, 6) is 0.0491. The molecule has 1 N–H and O–H groups in total. The van der Waals surface area contributed by atoms with Gasteiger partial charge in [0.2, 0.25) is 5.91 Å². The first-order chi connectivity index (χ1) is 14.6. The highest BCUT2D eigenvalue weighted by atomic mass is 16.5. The number of nitrogens with one attached hydrogen (secondary N) is 1. The summed E-state index contributed by atoms with van der Waals surface area (Å²) in [6, 6.07) is 14.9. The SMILES string of the molecule is COCCN1C(=O)c2ccccc2[C@H](C(=O)Nc2ccccc2OC)C12CCCC2. The van der Waals surface area contributed by atoms with Gasteiger partial charge in [-0.1, -0.05) is 43.2 Å². The number of para-hydroxylation sites is 2. The molecule has 6 heteroatoms. The minimum Gasteiger partial charge on any atom is -0.495 e. The number of ether oxygens (including phenoxy) is 2. The van der Waals surface area contributed by atoms with Gasteiger partial charge in [0.25, 0.3) is 5.91 Å². The second-order valence-corrected chi connectivity index (χ2v) is 7.97. The van der Waals surface area contributed by atoms with Gasteiger partial charge < -0.3 is 19.7 Å². The molecule has 0 saturated heterocycles. The normalized spacial score (nSPS) is 19.6. The van der Waals surface area contributed by atoms with Crippen molar-refractivity contribution >= 4 is 17.5 Å². The maximum atomic E-state index is 13.7. The van der Waals surface area contributed by atoms with Crippen molar-refractivity contribution in [3.63, 3.8) is 0 Å². The Labute approximate surface area is 177 Å². The van der Waals surface area contributed by atoms with Crippen molar-refractivity contribution in [2.45, 2.75) is 37.1 Å². The van der Waals surface area contributed by atoms with Crippen LogP contribution in [0.3, 0.4) is 0 Å². The van der Waals surface area contributed by atoms with Crippen LogP contribution in [0.4, 0.5) is 5.69 Å². The van der Waals surface area contributed by atoms with Crippen LogP contribution >= 0.6 is 0 Å². The van der Waals surface area contributed by atoms with Gasteiger partial charge in [-0.25, -0.2) is 0 Å². The van der Waals surface area contributed by atoms with E-state index in [0.29, 0.717) is 30.2 Å². The molecule has 1 saturated carbocycles. The summed E-state index contributed by atoms with van der Waals surface area (Å²) in [6.07, 6.45) is 3.61. The Morgan fingerprint density at radius 3 is 2.53 bits per heavy atom. The van der Waals surface area contributed by atoms with Gasteiger partial charge in [0.15, 0.2) is 0 Å². The molecule has 2 aliphatic rings. The highest BCUT2D eigenvalue weighted by Gasteiger charge is 2.55. The first-order valence-electron chi connectivity index (χ1n) is 10.5. The molecule has 1 heterocycles. The summed E-state index contributed by atoms with van der Waals surface area (Å²) in [5.41, 5.74) is 1.52. The molecular weight excluding hydrogens is 380 g/mol. The first-order valence-corrected chi connectivity index (χ1v) is 10.5. The summed E-state index contributed by atoms with van der Waals surface area (Å²) < 4.78 is 10.7. The van der Waals surface area contributed by atoms with Crippen molar-refractivity contribution in [1.82, 2.24) is 4.90 Å². The third-order valence-electron chi connectivity index (χ3n) is 6.44. The van der Waals surface area contributed by atoms with E-state index in [2.05, 4.69) is 5.32 Å². The Morgan fingerprint density at radius 2 is 1.80 bits per heavy atom. The number of fused-ring (bicyclic) bond motifs is 1. The topological polar surface area (TPSA) is 67.9 Å². The molecule has 2 aromatic rings. The van der Waals surface area contributed by atoms with Crippen molar-refractivity contribution in [1.29, 1.82) is 0 Å². The summed E-state index contributed by atoms with van der Waals surface area (Å²) >= 11 is 0. The summed E-state index contributed by atoms with van der Waals surface area (Å²) in [5, 5.41) is 3.08. The number of rotatable bonds is 6. The number of benzene rings is 2. The maximum Gasteiger partial charge on any atom is 0.254 e. The minimum atomic E-state index is -0.532. The standard InChI is InChI=1S/C24H28N2O4/c1-29-16-15-26-23(28)18-10-4-3-9-17(18)21(24(26)13-7-8-14-24)22(27)25-19-11-5-6-12-20(19)30-2/h3-6,9-12,21H,7-8,13-16H2,1-2H3,(H,25,27)/t21-/m1/s1. The Kier molecular flexibility index (Phi) is 5.77. The predicted molar refractivity (Wildman–Crippen MR) is 115 cm³/mol. The Balaban J connectivity index is 1.79. The van der Waals surface area contributed by atoms with E-state index in [1.807, 2.05) is 53.4 Å². The van der Waals surface area contributed by atoms with Gasteiger partial charge in [0, 0.05) is 19.2 Å². The maximum absolute atomic E-state index is 13.7. The zero-order valence-corrected chi connectivity index (χ0v) is 17.5. The molecule has 4 rings (SSSR count). The van der Waals surface area contributed by atoms with Crippen LogP contribution in [-0.2, 0) is 9.53 Å². The van der Waals surface area contributed by atoms with Gasteiger partial charge in [0.05, 0.1) is 30.9 Å². The van der Waals surface area contributed by atoms with Gasteiger partial charge in [-0.3, -0.25) is 9.59 Å². The molecule has 0 unspecified atom stereocenters. The van der Waals surface area contributed by atoms with E-state index >= 15 is 0 Å². The highest BCUT2D eigenvalue weighted by Crippen LogP contribution is 2.50. The molecule has 30 heavy (non-hydrogen) atoms. The number of hydrogen-bond donors (Lipinski definition) is 1. The molecule has 1 atom stereocenters. The second kappa shape index (κ2) is 8.48. The lowest BCUT2D eigenvalue weighted by Gasteiger charge is -2.50. The van der Waals surface area contributed by atoms with Crippen molar-refractivity contribution in [3.05, 3.63) is 59.7 Å². The summed E-state index contributed by atoms with van der Waals surface area (Å²) in [6.45, 7) is 0.915. The number of amides is 2. The number of carbonyl (C=O) groups is 2. The fraction of sp³-hybridized carbons (Fsp3) is 0.417. The minimum absolute atomic E-state index is 0.00843. The fourth-order valence-corrected chi connectivity index (χ4v) is 5.13. The third-order valence-corrected chi connectivity index (χ3v) is 6.44. The number of anilines is 1. The van der Waals surface area contributed by atoms with Gasteiger partial charge >= 0.3 is 0 Å². The van der Waals surface area contributed by atoms with Gasteiger partial charge in [-0.2, -0.15) is 0 Å². The van der Waals surface area contributed by atoms with Crippen molar-refractivity contribution in [2.75, 3.05) is 32.7 Å². The van der Waals surface area contributed by atoms with Crippen LogP contribution in [0.2, 0.25) is 0 Å². The fourth-order valence-electron chi connectivity index (χ4n) is 5.13. The quantitative estimate of drug-likeness (QED) is 0.789. The predicted octanol–water partition coefficient (Wildman–Crippen LogP) is 3.83. The molecule has 6 nitrogen and oxygen atoms in total. The average molecular weight is 408 g/mol. The molecule has 0 bridgehead atoms. The van der Waals surface area contributed by atoms with E-state index < -0.39 is 11.5 Å². The van der Waals surface area contributed by atoms with E-state index in [0.717, 1.165) is 31.2 Å². The van der Waals surface area contributed by atoms with Crippen molar-refractivity contribution in [3.8, 4) is 5.75 Å². The Morgan fingerprint density at radius 1 is 1.10 bits per heavy atom. The summed E-state index contributed by atoms with van der Waals surface area (Å²) in [4.78, 5) is 29.1. The molecule has 1 spiro atoms. The molecule has 0 radical (unpaired) electrons. The first kappa shape index (κ1) is 20.4. The van der Waals surface area contributed by atoms with E-state index in [-0.39, 0.29) is 11.8 Å². The molecule has 2 amide bonds. The van der Waals surface area contributed by atoms with E-state index in [1.165, 1.54) is 0 Å². The molecule has 1 fully saturated rings. The smallest absolute Gasteiger partial charge is 0.254 e. The van der Waals surface area contributed by atoms with Crippen LogP contribution in [0.15, 0.2) is 48.5 Å². The van der Waals surface area contributed by atoms with Crippen LogP contribution in [-0.4, -0.2) is 49.6 Å². The van der Waals surface area contributed by atoms with Gasteiger partial charge in [-0.15, -0.1) is 0 Å². The Hall–Kier alpha value is -2.86. The van der Waals surface area contributed by atoms with Crippen LogP contribution in [0, 0.1) is 0 Å². The lowest BCUT2D eigenvalue weighted by Crippen LogP contribution is -2.60. The molecule has 158 valence electrons. The lowest BCUT2D eigenvalue weighted by molar-refractivity contribution is -0.121. The van der Waals surface area contributed by atoms with Gasteiger partial charge in [0.1, 0.15) is 5.75 Å². The van der Waals surface area contributed by atoms with Crippen LogP contribution < -0.4 is 10.1 Å². The Bertz CT molecular complexity index is 936. The van der Waals surface area contributed by atoms with Crippen LogP contribution in [0.25, 0.3) is 0 Å². The van der Waals surface area contributed by atoms with E-state index in [4.69, 9.17) is 9.47 Å². The second-order valence-electron chi connectivity index (χ2n) is 7.97.